The molecule has 2 fully saturated rings. The summed E-state index contributed by atoms with van der Waals surface area (Å²) in [6.07, 6.45) is 7.32. The molecule has 2 aliphatic rings. The summed E-state index contributed by atoms with van der Waals surface area (Å²) in [4.78, 5) is 20.0. The van der Waals surface area contributed by atoms with E-state index in [0.29, 0.717) is 25.0 Å². The highest BCUT2D eigenvalue weighted by Gasteiger charge is 2.38. The van der Waals surface area contributed by atoms with E-state index in [0.717, 1.165) is 67.1 Å². The number of likely N-dealkylation sites (tertiary alicyclic amines) is 1. The zero-order valence-electron chi connectivity index (χ0n) is 19.4. The number of aryl methyl sites for hydroxylation is 1. The quantitative estimate of drug-likeness (QED) is 0.425. The SMILES string of the molecule is COc1cccc(OCCCCn2c(C3CC(=O)N(C4CCCC4)C3)nc3ccccc32)c1. The number of benzene rings is 2. The summed E-state index contributed by atoms with van der Waals surface area (Å²) in [6.45, 7) is 2.35. The number of ether oxygens (including phenoxy) is 2. The summed E-state index contributed by atoms with van der Waals surface area (Å²) in [5.41, 5.74) is 2.18. The minimum Gasteiger partial charge on any atom is -0.497 e. The third kappa shape index (κ3) is 4.70. The van der Waals surface area contributed by atoms with Gasteiger partial charge in [0, 0.05) is 37.5 Å². The van der Waals surface area contributed by atoms with Gasteiger partial charge in [-0.25, -0.2) is 4.98 Å². The van der Waals surface area contributed by atoms with Gasteiger partial charge in [-0.15, -0.1) is 0 Å². The first kappa shape index (κ1) is 21.8. The third-order valence-electron chi connectivity index (χ3n) is 7.06. The van der Waals surface area contributed by atoms with Crippen LogP contribution in [0.25, 0.3) is 11.0 Å². The van der Waals surface area contributed by atoms with Crippen molar-refractivity contribution in [2.24, 2.45) is 0 Å². The number of amides is 1. The largest absolute Gasteiger partial charge is 0.497 e. The molecule has 1 aliphatic carbocycles. The Morgan fingerprint density at radius 3 is 2.70 bits per heavy atom. The van der Waals surface area contributed by atoms with E-state index in [4.69, 9.17) is 14.5 Å². The second-order valence-electron chi connectivity index (χ2n) is 9.23. The molecule has 174 valence electrons. The second-order valence-corrected chi connectivity index (χ2v) is 9.23. The molecule has 6 heteroatoms. The van der Waals surface area contributed by atoms with Crippen LogP contribution in [0.15, 0.2) is 48.5 Å². The molecule has 0 N–H and O–H groups in total. The monoisotopic (exact) mass is 447 g/mol. The normalized spacial score (nSPS) is 19.0. The Bertz CT molecular complexity index is 1100. The molecular weight excluding hydrogens is 414 g/mol. The fraction of sp³-hybridized carbons (Fsp3) is 0.481. The summed E-state index contributed by atoms with van der Waals surface area (Å²) in [5, 5.41) is 0. The lowest BCUT2D eigenvalue weighted by atomic mass is 10.1. The van der Waals surface area contributed by atoms with E-state index < -0.39 is 0 Å². The van der Waals surface area contributed by atoms with Crippen LogP contribution in [0.1, 0.15) is 56.7 Å². The van der Waals surface area contributed by atoms with Gasteiger partial charge < -0.3 is 18.9 Å². The lowest BCUT2D eigenvalue weighted by molar-refractivity contribution is -0.129. The van der Waals surface area contributed by atoms with E-state index in [1.807, 2.05) is 30.3 Å². The number of aromatic nitrogens is 2. The van der Waals surface area contributed by atoms with Gasteiger partial charge in [0.15, 0.2) is 0 Å². The van der Waals surface area contributed by atoms with Crippen LogP contribution in [-0.2, 0) is 11.3 Å². The highest BCUT2D eigenvalue weighted by atomic mass is 16.5. The predicted molar refractivity (Wildman–Crippen MR) is 129 cm³/mol. The average molecular weight is 448 g/mol. The van der Waals surface area contributed by atoms with Crippen molar-refractivity contribution < 1.29 is 14.3 Å². The van der Waals surface area contributed by atoms with Crippen LogP contribution in [0.2, 0.25) is 0 Å². The number of methoxy groups -OCH3 is 1. The Morgan fingerprint density at radius 1 is 1.03 bits per heavy atom. The van der Waals surface area contributed by atoms with Crippen molar-refractivity contribution in [1.82, 2.24) is 14.5 Å². The molecule has 1 saturated heterocycles. The number of para-hydroxylation sites is 2. The molecule has 1 amide bonds. The van der Waals surface area contributed by atoms with E-state index in [9.17, 15) is 4.79 Å². The smallest absolute Gasteiger partial charge is 0.223 e. The van der Waals surface area contributed by atoms with Crippen LogP contribution in [0.3, 0.4) is 0 Å². The number of nitrogens with zero attached hydrogens (tertiary/aromatic N) is 3. The van der Waals surface area contributed by atoms with Gasteiger partial charge in [-0.2, -0.15) is 0 Å². The first-order valence-electron chi connectivity index (χ1n) is 12.2. The van der Waals surface area contributed by atoms with Gasteiger partial charge in [-0.1, -0.05) is 31.0 Å². The minimum absolute atomic E-state index is 0.179. The number of fused-ring (bicyclic) bond motifs is 1. The van der Waals surface area contributed by atoms with Gasteiger partial charge in [0.25, 0.3) is 0 Å². The molecule has 2 heterocycles. The van der Waals surface area contributed by atoms with E-state index in [-0.39, 0.29) is 5.92 Å². The summed E-state index contributed by atoms with van der Waals surface area (Å²) in [6, 6.07) is 16.5. The molecule has 0 bridgehead atoms. The number of carbonyl (C=O) groups is 1. The van der Waals surface area contributed by atoms with Crippen molar-refractivity contribution in [3.63, 3.8) is 0 Å². The molecule has 0 spiro atoms. The van der Waals surface area contributed by atoms with Gasteiger partial charge in [0.05, 0.1) is 24.8 Å². The Kier molecular flexibility index (Phi) is 6.51. The van der Waals surface area contributed by atoms with E-state index in [1.165, 1.54) is 12.8 Å². The first-order chi connectivity index (χ1) is 16.2. The summed E-state index contributed by atoms with van der Waals surface area (Å²) in [5.74, 6) is 3.19. The van der Waals surface area contributed by atoms with Crippen molar-refractivity contribution in [2.75, 3.05) is 20.3 Å². The Balaban J connectivity index is 1.25. The number of unbranched alkanes of at least 4 members (excludes halogenated alkanes) is 1. The maximum atomic E-state index is 12.8. The number of hydrogen-bond acceptors (Lipinski definition) is 4. The molecule has 1 aromatic heterocycles. The molecule has 5 rings (SSSR count). The fourth-order valence-electron chi connectivity index (χ4n) is 5.37. The second kappa shape index (κ2) is 9.86. The van der Waals surface area contributed by atoms with Gasteiger partial charge in [-0.3, -0.25) is 4.79 Å². The number of carbonyl (C=O) groups excluding carboxylic acids is 1. The van der Waals surface area contributed by atoms with Crippen molar-refractivity contribution in [2.45, 2.75) is 63.5 Å². The molecule has 1 unspecified atom stereocenters. The number of rotatable bonds is 9. The van der Waals surface area contributed by atoms with Crippen molar-refractivity contribution in [1.29, 1.82) is 0 Å². The maximum absolute atomic E-state index is 12.8. The minimum atomic E-state index is 0.179. The van der Waals surface area contributed by atoms with Crippen LogP contribution in [0.5, 0.6) is 11.5 Å². The van der Waals surface area contributed by atoms with Crippen LogP contribution in [-0.4, -0.2) is 46.7 Å². The van der Waals surface area contributed by atoms with Crippen LogP contribution < -0.4 is 9.47 Å². The zero-order chi connectivity index (χ0) is 22.6. The van der Waals surface area contributed by atoms with Crippen molar-refractivity contribution in [3.05, 3.63) is 54.4 Å². The highest BCUT2D eigenvalue weighted by molar-refractivity contribution is 5.81. The Morgan fingerprint density at radius 2 is 1.85 bits per heavy atom. The van der Waals surface area contributed by atoms with Crippen LogP contribution in [0, 0.1) is 0 Å². The lowest BCUT2D eigenvalue weighted by Crippen LogP contribution is -2.34. The third-order valence-corrected chi connectivity index (χ3v) is 7.06. The van der Waals surface area contributed by atoms with E-state index in [1.54, 1.807) is 7.11 Å². The van der Waals surface area contributed by atoms with E-state index >= 15 is 0 Å². The van der Waals surface area contributed by atoms with Gasteiger partial charge in [0.2, 0.25) is 5.91 Å². The van der Waals surface area contributed by atoms with Crippen LogP contribution >= 0.6 is 0 Å². The molecule has 6 nitrogen and oxygen atoms in total. The van der Waals surface area contributed by atoms with Gasteiger partial charge >= 0.3 is 0 Å². The number of imidazole rings is 1. The average Bonchev–Trinajstić information content (AvgIpc) is 3.58. The summed E-state index contributed by atoms with van der Waals surface area (Å²) in [7, 11) is 1.66. The standard InChI is InChI=1S/C27H33N3O3/c1-32-22-11-8-12-23(18-22)33-16-7-6-15-29-25-14-5-4-13-24(25)28-27(29)20-17-26(31)30(19-20)21-9-2-3-10-21/h4-5,8,11-14,18,20-21H,2-3,6-7,9-10,15-17,19H2,1H3. The fourth-order valence-corrected chi connectivity index (χ4v) is 5.37. The highest BCUT2D eigenvalue weighted by Crippen LogP contribution is 2.35. The number of hydrogen-bond donors (Lipinski definition) is 0. The van der Waals surface area contributed by atoms with Crippen LogP contribution in [0.4, 0.5) is 0 Å². The molecule has 1 atom stereocenters. The maximum Gasteiger partial charge on any atom is 0.223 e. The molecule has 1 aliphatic heterocycles. The van der Waals surface area contributed by atoms with Gasteiger partial charge in [0.1, 0.15) is 17.3 Å². The summed E-state index contributed by atoms with van der Waals surface area (Å²) < 4.78 is 13.5. The zero-order valence-corrected chi connectivity index (χ0v) is 19.4. The molecule has 2 aromatic carbocycles. The molecule has 3 aromatic rings. The van der Waals surface area contributed by atoms with Crippen molar-refractivity contribution >= 4 is 16.9 Å². The van der Waals surface area contributed by atoms with Gasteiger partial charge in [-0.05, 0) is 49.9 Å². The molecular formula is C27H33N3O3. The predicted octanol–water partition coefficient (Wildman–Crippen LogP) is 5.16. The molecule has 0 radical (unpaired) electrons. The molecule has 1 saturated carbocycles. The van der Waals surface area contributed by atoms with Crippen molar-refractivity contribution in [3.8, 4) is 11.5 Å². The summed E-state index contributed by atoms with van der Waals surface area (Å²) >= 11 is 0. The lowest BCUT2D eigenvalue weighted by Gasteiger charge is -2.24. The van der Waals surface area contributed by atoms with E-state index in [2.05, 4.69) is 27.7 Å². The topological polar surface area (TPSA) is 56.6 Å². The first-order valence-corrected chi connectivity index (χ1v) is 12.2. The Hall–Kier alpha value is -3.02. The Labute approximate surface area is 195 Å². The molecule has 33 heavy (non-hydrogen) atoms.